The molecule has 6 heteroatoms. The summed E-state index contributed by atoms with van der Waals surface area (Å²) in [6.45, 7) is 7.55. The van der Waals surface area contributed by atoms with Crippen molar-refractivity contribution in [3.05, 3.63) is 0 Å². The van der Waals surface area contributed by atoms with Crippen LogP contribution in [-0.2, 0) is 9.53 Å². The molecule has 3 aliphatic rings. The molecule has 130 valence electrons. The van der Waals surface area contributed by atoms with Gasteiger partial charge in [0.25, 0.3) is 0 Å². The Morgan fingerprint density at radius 2 is 1.91 bits per heavy atom. The Hall–Kier alpha value is -0.480. The molecule has 1 heterocycles. The number of ketones is 1. The number of hydrogen-bond donors (Lipinski definition) is 0. The van der Waals surface area contributed by atoms with E-state index in [1.165, 1.54) is 0 Å². The molecule has 0 aromatic rings. The summed E-state index contributed by atoms with van der Waals surface area (Å²) >= 11 is 12.2. The molecule has 5 atom stereocenters. The van der Waals surface area contributed by atoms with Crippen molar-refractivity contribution >= 4 is 35.1 Å². The third-order valence-corrected chi connectivity index (χ3v) is 6.03. The van der Waals surface area contributed by atoms with Crippen LogP contribution < -0.4 is 0 Å². The van der Waals surface area contributed by atoms with Gasteiger partial charge in [-0.15, -0.1) is 23.2 Å². The normalized spacial score (nSPS) is 35.5. The highest BCUT2D eigenvalue weighted by Gasteiger charge is 2.58. The van der Waals surface area contributed by atoms with Crippen molar-refractivity contribution in [3.63, 3.8) is 0 Å². The molecule has 2 aliphatic carbocycles. The van der Waals surface area contributed by atoms with Gasteiger partial charge >= 0.3 is 6.09 Å². The van der Waals surface area contributed by atoms with Crippen LogP contribution in [0, 0.1) is 17.8 Å². The maximum absolute atomic E-state index is 12.7. The van der Waals surface area contributed by atoms with E-state index in [9.17, 15) is 9.59 Å². The molecule has 3 fully saturated rings. The zero-order valence-electron chi connectivity index (χ0n) is 14.1. The summed E-state index contributed by atoms with van der Waals surface area (Å²) in [7, 11) is 0. The first-order valence-electron chi connectivity index (χ1n) is 8.41. The highest BCUT2D eigenvalue weighted by atomic mass is 35.5. The predicted molar refractivity (Wildman–Crippen MR) is 89.7 cm³/mol. The van der Waals surface area contributed by atoms with Crippen molar-refractivity contribution in [2.45, 2.75) is 75.4 Å². The number of halogens is 2. The van der Waals surface area contributed by atoms with Gasteiger partial charge in [0, 0.05) is 12.5 Å². The highest BCUT2D eigenvalue weighted by Crippen LogP contribution is 2.58. The van der Waals surface area contributed by atoms with E-state index < -0.39 is 9.93 Å². The number of fused-ring (bicyclic) bond motifs is 1. The predicted octanol–water partition coefficient (Wildman–Crippen LogP) is 4.17. The van der Waals surface area contributed by atoms with Gasteiger partial charge in [0.2, 0.25) is 0 Å². The van der Waals surface area contributed by atoms with Crippen LogP contribution in [0.25, 0.3) is 0 Å². The minimum atomic E-state index is -0.664. The number of piperidine rings is 1. The van der Waals surface area contributed by atoms with Crippen LogP contribution in [0.2, 0.25) is 0 Å². The molecule has 0 spiro atoms. The van der Waals surface area contributed by atoms with Crippen LogP contribution >= 0.6 is 23.2 Å². The van der Waals surface area contributed by atoms with Gasteiger partial charge in [-0.05, 0) is 57.8 Å². The van der Waals surface area contributed by atoms with Crippen LogP contribution in [0.15, 0.2) is 0 Å². The van der Waals surface area contributed by atoms with Gasteiger partial charge in [-0.3, -0.25) is 9.69 Å². The van der Waals surface area contributed by atoms with Gasteiger partial charge in [-0.25, -0.2) is 4.79 Å². The molecule has 1 saturated heterocycles. The number of carbonyl (C=O) groups is 2. The fourth-order valence-corrected chi connectivity index (χ4v) is 4.53. The fourth-order valence-electron chi connectivity index (χ4n) is 3.77. The van der Waals surface area contributed by atoms with E-state index in [2.05, 4.69) is 0 Å². The SMILES string of the molecule is C[C@@H](CC(=O)[C@@H]1C[C@H]2C[C@H]2N1C(=O)OC(C)(C)C)[C@H]1CC1(Cl)Cl. The van der Waals surface area contributed by atoms with Crippen LogP contribution in [0.5, 0.6) is 0 Å². The Balaban J connectivity index is 1.62. The van der Waals surface area contributed by atoms with Crippen molar-refractivity contribution in [2.75, 3.05) is 0 Å². The topological polar surface area (TPSA) is 46.6 Å². The van der Waals surface area contributed by atoms with Crippen LogP contribution in [0.1, 0.15) is 53.4 Å². The highest BCUT2D eigenvalue weighted by molar-refractivity contribution is 6.50. The number of Topliss-reactive ketones (excluding diaryl/α,β-unsaturated/α-hetero) is 1. The first-order valence-corrected chi connectivity index (χ1v) is 9.17. The largest absolute Gasteiger partial charge is 0.444 e. The number of nitrogens with zero attached hydrogens (tertiary/aromatic N) is 1. The van der Waals surface area contributed by atoms with Gasteiger partial charge in [0.1, 0.15) is 9.93 Å². The zero-order valence-corrected chi connectivity index (χ0v) is 15.7. The molecule has 0 aromatic heterocycles. The van der Waals surface area contributed by atoms with Gasteiger partial charge < -0.3 is 4.74 Å². The molecule has 0 radical (unpaired) electrons. The van der Waals surface area contributed by atoms with E-state index in [0.717, 1.165) is 19.3 Å². The molecule has 3 rings (SSSR count). The molecule has 0 N–H and O–H groups in total. The zero-order chi connectivity index (χ0) is 17.2. The molecular weight excluding hydrogens is 337 g/mol. The third-order valence-electron chi connectivity index (χ3n) is 5.16. The lowest BCUT2D eigenvalue weighted by molar-refractivity contribution is -0.124. The number of hydrogen-bond acceptors (Lipinski definition) is 3. The maximum atomic E-state index is 12.7. The minimum Gasteiger partial charge on any atom is -0.444 e. The first kappa shape index (κ1) is 17.3. The summed E-state index contributed by atoms with van der Waals surface area (Å²) in [6, 6.07) is -0.148. The van der Waals surface area contributed by atoms with E-state index in [1.807, 2.05) is 27.7 Å². The van der Waals surface area contributed by atoms with Gasteiger partial charge in [0.05, 0.1) is 6.04 Å². The maximum Gasteiger partial charge on any atom is 0.411 e. The summed E-state index contributed by atoms with van der Waals surface area (Å²) in [5.41, 5.74) is -0.546. The lowest BCUT2D eigenvalue weighted by Crippen LogP contribution is -2.46. The number of ether oxygens (including phenoxy) is 1. The summed E-state index contributed by atoms with van der Waals surface area (Å²) in [6.07, 6.45) is 2.58. The van der Waals surface area contributed by atoms with E-state index in [0.29, 0.717) is 12.3 Å². The number of carbonyl (C=O) groups excluding carboxylic acids is 2. The number of amides is 1. The summed E-state index contributed by atoms with van der Waals surface area (Å²) in [4.78, 5) is 26.9. The van der Waals surface area contributed by atoms with Crippen molar-refractivity contribution in [1.82, 2.24) is 4.90 Å². The monoisotopic (exact) mass is 361 g/mol. The summed E-state index contributed by atoms with van der Waals surface area (Å²) < 4.78 is 4.83. The molecule has 1 amide bonds. The standard InChI is InChI=1S/C17H25Cl2NO3/c1-9(11-8-17(11,18)19)5-14(21)13-7-10-6-12(10)20(13)15(22)23-16(2,3)4/h9-13H,5-8H2,1-4H3/t9-,10+,11+,12+,13-/m0/s1. The number of rotatable bonds is 4. The van der Waals surface area contributed by atoms with Crippen LogP contribution in [0.4, 0.5) is 4.79 Å². The Bertz CT molecular complexity index is 528. The van der Waals surface area contributed by atoms with E-state index in [1.54, 1.807) is 4.90 Å². The molecule has 0 bridgehead atoms. The quantitative estimate of drug-likeness (QED) is 0.705. The number of likely N-dealkylation sites (tertiary alicyclic amines) is 1. The third kappa shape index (κ3) is 3.63. The molecule has 0 unspecified atom stereocenters. The fraction of sp³-hybridized carbons (Fsp3) is 0.882. The van der Waals surface area contributed by atoms with E-state index >= 15 is 0 Å². The first-order chi connectivity index (χ1) is 10.5. The second-order valence-electron chi connectivity index (χ2n) is 8.42. The second-order valence-corrected chi connectivity index (χ2v) is 9.96. The summed E-state index contributed by atoms with van der Waals surface area (Å²) in [5.74, 6) is 0.912. The minimum absolute atomic E-state index is 0.117. The van der Waals surface area contributed by atoms with Crippen LogP contribution in [0.3, 0.4) is 0 Å². The average molecular weight is 362 g/mol. The van der Waals surface area contributed by atoms with Gasteiger partial charge in [-0.2, -0.15) is 0 Å². The van der Waals surface area contributed by atoms with Crippen molar-refractivity contribution < 1.29 is 14.3 Å². The van der Waals surface area contributed by atoms with Gasteiger partial charge in [0.15, 0.2) is 5.78 Å². The van der Waals surface area contributed by atoms with Crippen molar-refractivity contribution in [2.24, 2.45) is 17.8 Å². The second kappa shape index (κ2) is 5.52. The Morgan fingerprint density at radius 1 is 1.30 bits per heavy atom. The summed E-state index contributed by atoms with van der Waals surface area (Å²) in [5, 5.41) is 0. The van der Waals surface area contributed by atoms with Crippen LogP contribution in [-0.4, -0.2) is 38.8 Å². The molecule has 4 nitrogen and oxygen atoms in total. The molecule has 1 aliphatic heterocycles. The lowest BCUT2D eigenvalue weighted by atomic mass is 9.94. The van der Waals surface area contributed by atoms with Gasteiger partial charge in [-0.1, -0.05) is 6.92 Å². The smallest absolute Gasteiger partial charge is 0.411 e. The number of alkyl halides is 2. The van der Waals surface area contributed by atoms with E-state index in [-0.39, 0.29) is 35.8 Å². The molecular formula is C17H25Cl2NO3. The average Bonchev–Trinajstić information content (AvgIpc) is 3.23. The molecule has 2 saturated carbocycles. The molecule has 0 aromatic carbocycles. The lowest BCUT2D eigenvalue weighted by Gasteiger charge is -2.30. The Morgan fingerprint density at radius 3 is 2.43 bits per heavy atom. The van der Waals surface area contributed by atoms with Crippen molar-refractivity contribution in [1.29, 1.82) is 0 Å². The van der Waals surface area contributed by atoms with E-state index in [4.69, 9.17) is 27.9 Å². The Kier molecular flexibility index (Phi) is 4.16. The molecule has 23 heavy (non-hydrogen) atoms. The van der Waals surface area contributed by atoms with Crippen molar-refractivity contribution in [3.8, 4) is 0 Å². The Labute approximate surface area is 147 Å².